The zero-order chi connectivity index (χ0) is 17.3. The van der Waals surface area contributed by atoms with Crippen LogP contribution >= 0.6 is 0 Å². The maximum absolute atomic E-state index is 13.1. The molecular weight excluding hydrogens is 323 g/mol. The van der Waals surface area contributed by atoms with Crippen molar-refractivity contribution >= 4 is 11.0 Å². The second-order valence-corrected chi connectivity index (χ2v) is 5.87. The van der Waals surface area contributed by atoms with Crippen molar-refractivity contribution in [3.63, 3.8) is 0 Å². The van der Waals surface area contributed by atoms with E-state index in [-0.39, 0.29) is 24.7 Å². The first kappa shape index (κ1) is 16.5. The molecule has 1 atom stereocenters. The van der Waals surface area contributed by atoms with Gasteiger partial charge in [-0.05, 0) is 26.2 Å². The topological polar surface area (TPSA) is 55.3 Å². The van der Waals surface area contributed by atoms with Crippen LogP contribution < -0.4 is 0 Å². The van der Waals surface area contributed by atoms with Crippen molar-refractivity contribution in [1.82, 2.24) is 15.0 Å². The summed E-state index contributed by atoms with van der Waals surface area (Å²) in [7, 11) is 3.18. The van der Waals surface area contributed by atoms with Gasteiger partial charge in [-0.3, -0.25) is 0 Å². The predicted octanol–water partition coefficient (Wildman–Crippen LogP) is 3.77. The molecule has 0 fully saturated rings. The molecule has 0 aliphatic carbocycles. The zero-order valence-electron chi connectivity index (χ0n) is 13.2. The van der Waals surface area contributed by atoms with Crippen LogP contribution in [0.25, 0.3) is 22.6 Å². The molecule has 0 bridgehead atoms. The van der Waals surface area contributed by atoms with Gasteiger partial charge in [0.1, 0.15) is 5.58 Å². The summed E-state index contributed by atoms with van der Waals surface area (Å²) in [4.78, 5) is 5.53. The van der Waals surface area contributed by atoms with Crippen molar-refractivity contribution in [2.24, 2.45) is 5.92 Å². The number of hydrogen-bond acceptors (Lipinski definition) is 5. The number of halogens is 3. The van der Waals surface area contributed by atoms with E-state index in [2.05, 4.69) is 10.1 Å². The molecule has 3 rings (SSSR count). The van der Waals surface area contributed by atoms with Gasteiger partial charge in [0.2, 0.25) is 11.7 Å². The van der Waals surface area contributed by atoms with Crippen LogP contribution in [-0.4, -0.2) is 41.9 Å². The van der Waals surface area contributed by atoms with Gasteiger partial charge in [0, 0.05) is 18.4 Å². The van der Waals surface area contributed by atoms with Gasteiger partial charge in [-0.1, -0.05) is 23.4 Å². The lowest BCUT2D eigenvalue weighted by Gasteiger charge is -2.22. The maximum Gasteiger partial charge on any atom is 0.393 e. The first-order valence-corrected chi connectivity index (χ1v) is 7.36. The van der Waals surface area contributed by atoms with Crippen molar-refractivity contribution in [3.05, 3.63) is 36.2 Å². The van der Waals surface area contributed by atoms with Crippen LogP contribution in [0.2, 0.25) is 0 Å². The molecule has 0 amide bonds. The monoisotopic (exact) mass is 339 g/mol. The smallest absolute Gasteiger partial charge is 0.393 e. The molecule has 0 spiro atoms. The maximum atomic E-state index is 13.1. The number of hydrogen-bond donors (Lipinski definition) is 0. The zero-order valence-corrected chi connectivity index (χ0v) is 13.2. The van der Waals surface area contributed by atoms with Crippen molar-refractivity contribution in [2.75, 3.05) is 20.6 Å². The summed E-state index contributed by atoms with van der Waals surface area (Å²) >= 11 is 0. The van der Waals surface area contributed by atoms with Gasteiger partial charge < -0.3 is 13.8 Å². The highest BCUT2D eigenvalue weighted by molar-refractivity contribution is 5.81. The molecular formula is C16H16F3N3O2. The molecule has 2 heterocycles. The quantitative estimate of drug-likeness (QED) is 0.708. The third kappa shape index (κ3) is 3.59. The van der Waals surface area contributed by atoms with E-state index in [9.17, 15) is 13.2 Å². The summed E-state index contributed by atoms with van der Waals surface area (Å²) in [5, 5.41) is 4.60. The third-order valence-corrected chi connectivity index (χ3v) is 3.58. The second kappa shape index (κ2) is 6.27. The Morgan fingerprint density at radius 3 is 2.62 bits per heavy atom. The first-order valence-electron chi connectivity index (χ1n) is 7.36. The van der Waals surface area contributed by atoms with Gasteiger partial charge >= 0.3 is 6.18 Å². The summed E-state index contributed by atoms with van der Waals surface area (Å²) in [6, 6.07) is 9.06. The largest absolute Gasteiger partial charge is 0.453 e. The molecule has 1 aromatic carbocycles. The Hall–Kier alpha value is -2.35. The molecule has 24 heavy (non-hydrogen) atoms. The van der Waals surface area contributed by atoms with Gasteiger partial charge in [0.15, 0.2) is 5.76 Å². The molecule has 0 aliphatic heterocycles. The number of rotatable bonds is 5. The lowest BCUT2D eigenvalue weighted by atomic mass is 10.0. The Morgan fingerprint density at radius 1 is 1.21 bits per heavy atom. The summed E-state index contributed by atoms with van der Waals surface area (Å²) in [5.74, 6) is -1.12. The molecule has 0 saturated carbocycles. The Bertz CT molecular complexity index is 790. The molecule has 8 heteroatoms. The van der Waals surface area contributed by atoms with Crippen LogP contribution in [0.15, 0.2) is 39.3 Å². The Balaban J connectivity index is 1.81. The van der Waals surface area contributed by atoms with Crippen molar-refractivity contribution < 1.29 is 22.1 Å². The Labute approximate surface area is 136 Å². The van der Waals surface area contributed by atoms with Crippen LogP contribution in [0.5, 0.6) is 0 Å². The summed E-state index contributed by atoms with van der Waals surface area (Å²) in [5.41, 5.74) is 0.652. The van der Waals surface area contributed by atoms with E-state index in [0.717, 1.165) is 5.39 Å². The van der Waals surface area contributed by atoms with Gasteiger partial charge in [-0.2, -0.15) is 18.2 Å². The number of fused-ring (bicyclic) bond motifs is 1. The van der Waals surface area contributed by atoms with E-state index in [1.807, 2.05) is 18.2 Å². The number of furan rings is 1. The van der Waals surface area contributed by atoms with E-state index >= 15 is 0 Å². The molecule has 128 valence electrons. The van der Waals surface area contributed by atoms with Gasteiger partial charge in [-0.15, -0.1) is 0 Å². The lowest BCUT2D eigenvalue weighted by Crippen LogP contribution is -2.34. The number of nitrogens with zero attached hydrogens (tertiary/aromatic N) is 3. The van der Waals surface area contributed by atoms with Crippen LogP contribution in [0.4, 0.5) is 13.2 Å². The lowest BCUT2D eigenvalue weighted by molar-refractivity contribution is -0.178. The second-order valence-electron chi connectivity index (χ2n) is 5.87. The summed E-state index contributed by atoms with van der Waals surface area (Å²) in [6.45, 7) is -0.147. The fraction of sp³-hybridized carbons (Fsp3) is 0.375. The number of aromatic nitrogens is 2. The van der Waals surface area contributed by atoms with Gasteiger partial charge in [0.05, 0.1) is 5.92 Å². The standard InChI is InChI=1S/C16H16F3N3O2/c1-22(2)9-11(16(17,18)19)8-14-20-15(21-24-14)13-7-10-5-3-4-6-12(10)23-13/h3-7,11H,8-9H2,1-2H3. The fourth-order valence-corrected chi connectivity index (χ4v) is 2.47. The number of alkyl halides is 3. The van der Waals surface area contributed by atoms with E-state index in [0.29, 0.717) is 11.3 Å². The fourth-order valence-electron chi connectivity index (χ4n) is 2.47. The minimum atomic E-state index is -4.34. The van der Waals surface area contributed by atoms with Crippen molar-refractivity contribution in [3.8, 4) is 11.6 Å². The SMILES string of the molecule is CN(C)CC(Cc1nc(-c2cc3ccccc3o2)no1)C(F)(F)F. The number of benzene rings is 1. The van der Waals surface area contributed by atoms with E-state index in [1.54, 1.807) is 26.2 Å². The third-order valence-electron chi connectivity index (χ3n) is 3.58. The van der Waals surface area contributed by atoms with Crippen LogP contribution in [0.1, 0.15) is 5.89 Å². The van der Waals surface area contributed by atoms with Crippen LogP contribution in [0, 0.1) is 5.92 Å². The molecule has 0 N–H and O–H groups in total. The van der Waals surface area contributed by atoms with Crippen molar-refractivity contribution in [1.29, 1.82) is 0 Å². The summed E-state index contributed by atoms with van der Waals surface area (Å²) < 4.78 is 49.9. The van der Waals surface area contributed by atoms with Crippen LogP contribution in [-0.2, 0) is 6.42 Å². The molecule has 1 unspecified atom stereocenters. The number of para-hydroxylation sites is 1. The molecule has 0 radical (unpaired) electrons. The average Bonchev–Trinajstić information content (AvgIpc) is 3.10. The van der Waals surface area contributed by atoms with Crippen LogP contribution in [0.3, 0.4) is 0 Å². The Morgan fingerprint density at radius 2 is 1.96 bits per heavy atom. The normalized spacial score (nSPS) is 13.8. The minimum Gasteiger partial charge on any atom is -0.453 e. The highest BCUT2D eigenvalue weighted by atomic mass is 19.4. The van der Waals surface area contributed by atoms with Crippen molar-refractivity contribution in [2.45, 2.75) is 12.6 Å². The van der Waals surface area contributed by atoms with Gasteiger partial charge in [-0.25, -0.2) is 0 Å². The molecule has 0 aliphatic rings. The highest BCUT2D eigenvalue weighted by Gasteiger charge is 2.41. The minimum absolute atomic E-state index is 0.0605. The molecule has 0 saturated heterocycles. The summed E-state index contributed by atoms with van der Waals surface area (Å²) in [6.07, 6.45) is -4.70. The Kier molecular flexibility index (Phi) is 4.31. The van der Waals surface area contributed by atoms with Gasteiger partial charge in [0.25, 0.3) is 0 Å². The van der Waals surface area contributed by atoms with E-state index < -0.39 is 12.1 Å². The van der Waals surface area contributed by atoms with E-state index in [1.165, 1.54) is 4.90 Å². The average molecular weight is 339 g/mol. The van der Waals surface area contributed by atoms with E-state index in [4.69, 9.17) is 8.94 Å². The first-order chi connectivity index (χ1) is 11.3. The molecule has 2 aromatic heterocycles. The highest BCUT2D eigenvalue weighted by Crippen LogP contribution is 2.30. The predicted molar refractivity (Wildman–Crippen MR) is 81.3 cm³/mol. The molecule has 5 nitrogen and oxygen atoms in total. The molecule has 3 aromatic rings.